The standard InChI is InChI=1S/C66H84N6O2P2Si2/c1-61(2,3)55(73)57-69(77(65(13,14)15,51-41-29-21-30-42-51)52-43-31-22-32-44-52)67-59(63(7,8)9)75(57)71(49-37-25-19-26-38-49)76(72(75)50-39-27-20-28-40-50)58(56(74)62(4,5)6)70(68-60(76)64(10,11)12)78(66(16,17)18,53-45-33-23-34-46-53)54-47-35-24-36-48-54/h19-48H,1-18H3. The second kappa shape index (κ2) is 19.5. The average molecular weight is 1110 g/mol. The molecule has 12 heteroatoms. The first kappa shape index (κ1) is 56.9. The van der Waals surface area contributed by atoms with E-state index in [-0.39, 0.29) is 11.6 Å². The minimum Gasteiger partial charge on any atom is -0.292 e. The van der Waals surface area contributed by atoms with Crippen LogP contribution in [0.5, 0.6) is 0 Å². The summed E-state index contributed by atoms with van der Waals surface area (Å²) in [6.07, 6.45) is 0. The Morgan fingerprint density at radius 3 is 0.756 bits per heavy atom. The summed E-state index contributed by atoms with van der Waals surface area (Å²) < 4.78 is 10.1. The monoisotopic (exact) mass is 1110 g/mol. The van der Waals surface area contributed by atoms with Gasteiger partial charge in [-0.2, -0.15) is 10.2 Å². The number of para-hydroxylation sites is 2. The van der Waals surface area contributed by atoms with E-state index in [1.165, 1.54) is 0 Å². The number of benzene rings is 6. The summed E-state index contributed by atoms with van der Waals surface area (Å²) in [4.78, 5) is 34.6. The topological polar surface area (TPSA) is 71.8 Å². The molecule has 0 aromatic heterocycles. The van der Waals surface area contributed by atoms with Gasteiger partial charge in [-0.3, -0.25) is 27.8 Å². The summed E-state index contributed by atoms with van der Waals surface area (Å²) in [5.74, 6) is 0.0695. The summed E-state index contributed by atoms with van der Waals surface area (Å²) >= 11 is 0. The first-order valence-electron chi connectivity index (χ1n) is 27.8. The predicted octanol–water partition coefficient (Wildman–Crippen LogP) is 14.7. The van der Waals surface area contributed by atoms with Crippen molar-refractivity contribution in [1.29, 1.82) is 0 Å². The van der Waals surface area contributed by atoms with Gasteiger partial charge in [0.1, 0.15) is 36.1 Å². The minimum absolute atomic E-state index is 0.0347. The number of hydrogen-bond donors (Lipinski definition) is 0. The number of Topliss-reactive ketones (excluding diaryl/α,β-unsaturated/α-hetero) is 2. The van der Waals surface area contributed by atoms with Gasteiger partial charge in [-0.1, -0.05) is 282 Å². The Morgan fingerprint density at radius 1 is 0.346 bits per heavy atom. The highest BCUT2D eigenvalue weighted by Gasteiger charge is 2.76. The van der Waals surface area contributed by atoms with Crippen molar-refractivity contribution >= 4 is 96.3 Å². The van der Waals surface area contributed by atoms with Crippen LogP contribution in [0.25, 0.3) is 0 Å². The van der Waals surface area contributed by atoms with Crippen molar-refractivity contribution in [2.45, 2.75) is 135 Å². The molecule has 0 bridgehead atoms. The lowest BCUT2D eigenvalue weighted by molar-refractivity contribution is -0.120. The number of nitrogens with zero attached hydrogens (tertiary/aromatic N) is 6. The number of anilines is 2. The zero-order valence-electron chi connectivity index (χ0n) is 49.7. The minimum atomic E-state index is -3.63. The lowest BCUT2D eigenvalue weighted by Crippen LogP contribution is -2.75. The fraction of sp³-hybridized carbons (Fsp3) is 0.364. The Hall–Kier alpha value is -5.77. The molecule has 8 nitrogen and oxygen atoms in total. The van der Waals surface area contributed by atoms with Crippen molar-refractivity contribution in [3.8, 4) is 0 Å². The molecule has 1 fully saturated rings. The van der Waals surface area contributed by atoms with Crippen LogP contribution < -0.4 is 29.6 Å². The second-order valence-electron chi connectivity index (χ2n) is 27.6. The molecule has 408 valence electrons. The summed E-state index contributed by atoms with van der Waals surface area (Å²) in [6.45, 7) is 40.2. The third-order valence-electron chi connectivity index (χ3n) is 15.7. The predicted molar refractivity (Wildman–Crippen MR) is 343 cm³/mol. The van der Waals surface area contributed by atoms with E-state index in [0.717, 1.165) is 43.0 Å². The molecule has 6 aromatic carbocycles. The number of rotatable bonds is 10. The van der Waals surface area contributed by atoms with Crippen LogP contribution in [-0.2, 0) is 9.59 Å². The quantitative estimate of drug-likeness (QED) is 0.101. The van der Waals surface area contributed by atoms with Crippen LogP contribution in [0.1, 0.15) is 125 Å². The molecule has 0 aliphatic carbocycles. The van der Waals surface area contributed by atoms with E-state index in [0.29, 0.717) is 10.8 Å². The van der Waals surface area contributed by atoms with Crippen LogP contribution in [0.3, 0.4) is 0 Å². The summed E-state index contributed by atoms with van der Waals surface area (Å²) in [5, 5.41) is 16.4. The van der Waals surface area contributed by atoms with Crippen molar-refractivity contribution in [3.63, 3.8) is 0 Å². The van der Waals surface area contributed by atoms with Crippen LogP contribution in [0, 0.1) is 21.7 Å². The molecule has 0 radical (unpaired) electrons. The Bertz CT molecular complexity index is 3090. The van der Waals surface area contributed by atoms with Crippen LogP contribution in [0.2, 0.25) is 10.1 Å². The van der Waals surface area contributed by atoms with Crippen LogP contribution in [0.4, 0.5) is 11.4 Å². The van der Waals surface area contributed by atoms with Gasteiger partial charge >= 0.3 is 0 Å². The third-order valence-corrected chi connectivity index (χ3v) is 37.9. The highest BCUT2D eigenvalue weighted by Crippen LogP contribution is 2.94. The van der Waals surface area contributed by atoms with Gasteiger partial charge in [0.15, 0.2) is 11.6 Å². The largest absolute Gasteiger partial charge is 0.292 e. The van der Waals surface area contributed by atoms with Crippen molar-refractivity contribution in [2.24, 2.45) is 31.9 Å². The normalized spacial score (nSPS) is 19.6. The maximum absolute atomic E-state index is 17.3. The molecule has 2 spiro atoms. The van der Waals surface area contributed by atoms with Gasteiger partial charge in [-0.05, 0) is 55.1 Å². The smallest absolute Gasteiger partial charge is 0.252 e. The molecule has 3 heterocycles. The van der Waals surface area contributed by atoms with Crippen molar-refractivity contribution in [3.05, 3.63) is 182 Å². The van der Waals surface area contributed by atoms with Gasteiger partial charge < -0.3 is 0 Å². The highest BCUT2D eigenvalue weighted by atomic mass is 31.3. The second-order valence-corrected chi connectivity index (χ2v) is 42.9. The van der Waals surface area contributed by atoms with E-state index in [1.54, 1.807) is 0 Å². The van der Waals surface area contributed by atoms with E-state index >= 15 is 9.59 Å². The number of carbonyl (C=O) groups excluding carboxylic acids is 2. The van der Waals surface area contributed by atoms with Gasteiger partial charge in [0.05, 0.1) is 0 Å². The Labute approximate surface area is 470 Å². The first-order chi connectivity index (χ1) is 36.4. The Balaban J connectivity index is 1.67. The van der Waals surface area contributed by atoms with E-state index in [1.807, 2.05) is 0 Å². The van der Waals surface area contributed by atoms with E-state index in [4.69, 9.17) is 10.2 Å². The number of hydrazone groups is 2. The average Bonchev–Trinajstić information content (AvgIpc) is 2.16. The number of carbonyl (C=O) groups is 2. The van der Waals surface area contributed by atoms with Gasteiger partial charge in [0, 0.05) is 33.0 Å². The Kier molecular flexibility index (Phi) is 14.2. The highest BCUT2D eigenvalue weighted by molar-refractivity contribution is 8.23. The van der Waals surface area contributed by atoms with E-state index < -0.39 is 62.6 Å². The Morgan fingerprint density at radius 2 is 0.564 bits per heavy atom. The van der Waals surface area contributed by atoms with Crippen molar-refractivity contribution in [1.82, 2.24) is 9.35 Å². The number of ketones is 2. The van der Waals surface area contributed by atoms with Gasteiger partial charge in [-0.15, -0.1) is 0 Å². The molecule has 3 aliphatic rings. The third kappa shape index (κ3) is 8.40. The molecule has 9 rings (SSSR count). The molecule has 6 aromatic rings. The van der Waals surface area contributed by atoms with Crippen molar-refractivity contribution in [2.75, 3.05) is 8.88 Å². The fourth-order valence-electron chi connectivity index (χ4n) is 12.6. The molecular weight excluding hydrogens is 1030 g/mol. The lowest BCUT2D eigenvalue weighted by Gasteiger charge is -2.68. The zero-order chi connectivity index (χ0) is 56.9. The summed E-state index contributed by atoms with van der Waals surface area (Å²) in [5.41, 5.74) is 2.12. The molecule has 0 atom stereocenters. The SMILES string of the molecule is CC(C)(C)C(=O)C1=P2(C(C(C)(C)C)=NN1[Si](c1ccccc1)(c1ccccc1)C(C)(C)C)N(c1ccccc1)P1(=C(C(=O)C(C)(C)C)N([Si](c3ccccc3)(c3ccccc3)C(C)(C)C)N=C1C(C)(C)C)N2c1ccccc1. The van der Waals surface area contributed by atoms with Crippen molar-refractivity contribution < 1.29 is 9.59 Å². The van der Waals surface area contributed by atoms with Crippen LogP contribution in [0.15, 0.2) is 192 Å². The maximum Gasteiger partial charge on any atom is 0.252 e. The molecule has 1 saturated heterocycles. The van der Waals surface area contributed by atoms with E-state index in [9.17, 15) is 0 Å². The zero-order valence-corrected chi connectivity index (χ0v) is 53.5. The number of hydrogen-bond acceptors (Lipinski definition) is 8. The molecular formula is C66H84N6O2P2Si2. The van der Waals surface area contributed by atoms with Crippen LogP contribution in [-0.4, -0.2) is 59.1 Å². The van der Waals surface area contributed by atoms with Gasteiger partial charge in [0.25, 0.3) is 16.5 Å². The van der Waals surface area contributed by atoms with E-state index in [2.05, 4.69) is 325 Å². The van der Waals surface area contributed by atoms with Gasteiger partial charge in [-0.25, -0.2) is 0 Å². The lowest BCUT2D eigenvalue weighted by atomic mass is 9.91. The molecule has 0 amide bonds. The fourth-order valence-corrected chi connectivity index (χ4v) is 38.6. The first-order valence-corrected chi connectivity index (χ1v) is 35.0. The summed E-state index contributed by atoms with van der Waals surface area (Å²) in [7, 11) is -14.3. The molecule has 0 unspecified atom stereocenters. The van der Waals surface area contributed by atoms with Crippen LogP contribution >= 0.6 is 14.4 Å². The van der Waals surface area contributed by atoms with Gasteiger partial charge in [0.2, 0.25) is 0 Å². The summed E-state index contributed by atoms with van der Waals surface area (Å²) in [6, 6.07) is 65.2. The molecule has 0 saturated carbocycles. The molecule has 0 N–H and O–H groups in total. The molecule has 78 heavy (non-hydrogen) atoms. The molecule has 3 aliphatic heterocycles. The maximum atomic E-state index is 17.3.